The number of rotatable bonds is 5. The fraction of sp³-hybridized carbons (Fsp3) is 0.667. The molecule has 0 N–H and O–H groups in total. The zero-order valence-electron chi connectivity index (χ0n) is 15.7. The SMILES string of the molecule is O=C(Cc1ccc(F)cc1)N1CC2(C[C@@H](OCC3CCOCC3)CCO2)C1. The number of nitrogens with zero attached hydrogens (tertiary/aromatic N) is 1. The van der Waals surface area contributed by atoms with Crippen molar-refractivity contribution in [2.24, 2.45) is 5.92 Å². The first-order valence-corrected chi connectivity index (χ1v) is 9.97. The third-order valence-electron chi connectivity index (χ3n) is 5.94. The summed E-state index contributed by atoms with van der Waals surface area (Å²) in [6.45, 7) is 4.44. The molecule has 0 unspecified atom stereocenters. The lowest BCUT2D eigenvalue weighted by molar-refractivity contribution is -0.202. The molecule has 0 bridgehead atoms. The Morgan fingerprint density at radius 1 is 1.15 bits per heavy atom. The van der Waals surface area contributed by atoms with Crippen molar-refractivity contribution in [2.45, 2.75) is 43.8 Å². The number of hydrogen-bond donors (Lipinski definition) is 0. The molecule has 1 atom stereocenters. The number of ether oxygens (including phenoxy) is 3. The zero-order chi connectivity index (χ0) is 18.7. The molecule has 0 radical (unpaired) electrons. The number of halogens is 1. The highest BCUT2D eigenvalue weighted by molar-refractivity contribution is 5.80. The van der Waals surface area contributed by atoms with Gasteiger partial charge in [-0.2, -0.15) is 0 Å². The third kappa shape index (κ3) is 4.68. The Labute approximate surface area is 159 Å². The number of carbonyl (C=O) groups excluding carboxylic acids is 1. The van der Waals surface area contributed by atoms with Gasteiger partial charge in [0.25, 0.3) is 0 Å². The van der Waals surface area contributed by atoms with Gasteiger partial charge in [0.05, 0.1) is 25.6 Å². The zero-order valence-corrected chi connectivity index (χ0v) is 15.7. The van der Waals surface area contributed by atoms with E-state index in [0.29, 0.717) is 32.0 Å². The summed E-state index contributed by atoms with van der Waals surface area (Å²) in [5, 5.41) is 0. The van der Waals surface area contributed by atoms with E-state index in [0.717, 1.165) is 51.1 Å². The minimum absolute atomic E-state index is 0.0704. The van der Waals surface area contributed by atoms with Crippen molar-refractivity contribution >= 4 is 5.91 Å². The highest BCUT2D eigenvalue weighted by atomic mass is 19.1. The predicted octanol–water partition coefficient (Wildman–Crippen LogP) is 2.57. The van der Waals surface area contributed by atoms with Gasteiger partial charge in [-0.3, -0.25) is 4.79 Å². The number of amides is 1. The van der Waals surface area contributed by atoms with Crippen LogP contribution < -0.4 is 0 Å². The first-order valence-electron chi connectivity index (χ1n) is 9.97. The molecule has 0 aromatic heterocycles. The maximum atomic E-state index is 13.0. The first kappa shape index (κ1) is 18.8. The maximum Gasteiger partial charge on any atom is 0.227 e. The van der Waals surface area contributed by atoms with E-state index in [2.05, 4.69) is 0 Å². The maximum absolute atomic E-state index is 13.0. The number of hydrogen-bond acceptors (Lipinski definition) is 4. The molecule has 148 valence electrons. The van der Waals surface area contributed by atoms with Crippen molar-refractivity contribution in [3.05, 3.63) is 35.6 Å². The van der Waals surface area contributed by atoms with Crippen LogP contribution in [0.2, 0.25) is 0 Å². The monoisotopic (exact) mass is 377 g/mol. The van der Waals surface area contributed by atoms with Gasteiger partial charge in [-0.1, -0.05) is 12.1 Å². The Morgan fingerprint density at radius 3 is 2.63 bits per heavy atom. The summed E-state index contributed by atoms with van der Waals surface area (Å²) < 4.78 is 30.6. The normalized spacial score (nSPS) is 25.4. The second-order valence-electron chi connectivity index (χ2n) is 8.09. The number of carbonyl (C=O) groups is 1. The summed E-state index contributed by atoms with van der Waals surface area (Å²) in [7, 11) is 0. The third-order valence-corrected chi connectivity index (χ3v) is 5.94. The minimum atomic E-state index is -0.281. The average Bonchev–Trinajstić information content (AvgIpc) is 2.67. The number of benzene rings is 1. The first-order chi connectivity index (χ1) is 13.1. The van der Waals surface area contributed by atoms with Gasteiger partial charge < -0.3 is 19.1 Å². The Morgan fingerprint density at radius 2 is 1.89 bits per heavy atom. The van der Waals surface area contributed by atoms with E-state index in [-0.39, 0.29) is 23.4 Å². The lowest BCUT2D eigenvalue weighted by Crippen LogP contribution is -2.67. The molecule has 0 aliphatic carbocycles. The summed E-state index contributed by atoms with van der Waals surface area (Å²) in [5.41, 5.74) is 0.599. The number of likely N-dealkylation sites (tertiary alicyclic amines) is 1. The van der Waals surface area contributed by atoms with Crippen LogP contribution in [-0.2, 0) is 25.4 Å². The lowest BCUT2D eigenvalue weighted by atomic mass is 9.84. The Kier molecular flexibility index (Phi) is 5.76. The molecule has 3 fully saturated rings. The van der Waals surface area contributed by atoms with E-state index in [9.17, 15) is 9.18 Å². The Balaban J connectivity index is 1.23. The molecule has 27 heavy (non-hydrogen) atoms. The molecule has 1 aromatic rings. The van der Waals surface area contributed by atoms with Crippen LogP contribution in [0.25, 0.3) is 0 Å². The van der Waals surface area contributed by atoms with Crippen molar-refractivity contribution < 1.29 is 23.4 Å². The van der Waals surface area contributed by atoms with Gasteiger partial charge in [0.2, 0.25) is 5.91 Å². The second-order valence-corrected chi connectivity index (χ2v) is 8.09. The molecule has 1 amide bonds. The van der Waals surface area contributed by atoms with Gasteiger partial charge in [0.15, 0.2) is 0 Å². The summed E-state index contributed by atoms with van der Waals surface area (Å²) >= 11 is 0. The van der Waals surface area contributed by atoms with Crippen LogP contribution in [0.5, 0.6) is 0 Å². The highest BCUT2D eigenvalue weighted by Gasteiger charge is 2.49. The van der Waals surface area contributed by atoms with Crippen molar-refractivity contribution in [1.29, 1.82) is 0 Å². The molecule has 0 saturated carbocycles. The van der Waals surface area contributed by atoms with E-state index in [1.54, 1.807) is 12.1 Å². The van der Waals surface area contributed by atoms with Gasteiger partial charge in [0.1, 0.15) is 11.4 Å². The highest BCUT2D eigenvalue weighted by Crippen LogP contribution is 2.36. The summed E-state index contributed by atoms with van der Waals surface area (Å²) in [4.78, 5) is 14.3. The lowest BCUT2D eigenvalue weighted by Gasteiger charge is -2.53. The fourth-order valence-electron chi connectivity index (χ4n) is 4.25. The van der Waals surface area contributed by atoms with Gasteiger partial charge in [0, 0.05) is 32.8 Å². The van der Waals surface area contributed by atoms with E-state index >= 15 is 0 Å². The van der Waals surface area contributed by atoms with Crippen molar-refractivity contribution in [3.8, 4) is 0 Å². The van der Waals surface area contributed by atoms with Gasteiger partial charge >= 0.3 is 0 Å². The molecular weight excluding hydrogens is 349 g/mol. The molecular formula is C21H28FNO4. The van der Waals surface area contributed by atoms with Crippen molar-refractivity contribution in [2.75, 3.05) is 39.5 Å². The van der Waals surface area contributed by atoms with Crippen LogP contribution >= 0.6 is 0 Å². The van der Waals surface area contributed by atoms with E-state index in [4.69, 9.17) is 14.2 Å². The predicted molar refractivity (Wildman–Crippen MR) is 97.9 cm³/mol. The van der Waals surface area contributed by atoms with Crippen molar-refractivity contribution in [3.63, 3.8) is 0 Å². The van der Waals surface area contributed by atoms with Crippen LogP contribution in [0.15, 0.2) is 24.3 Å². The Bertz CT molecular complexity index is 638. The van der Waals surface area contributed by atoms with Gasteiger partial charge in [-0.05, 0) is 42.9 Å². The molecule has 3 saturated heterocycles. The standard InChI is InChI=1S/C21H28FNO4/c22-18-3-1-16(2-4-18)11-20(24)23-14-21(15-23)12-19(7-10-27-21)26-13-17-5-8-25-9-6-17/h1-4,17,19H,5-15H2/t19-/m0/s1. The average molecular weight is 377 g/mol. The second kappa shape index (κ2) is 8.25. The molecule has 6 heteroatoms. The molecule has 4 rings (SSSR count). The van der Waals surface area contributed by atoms with Crippen molar-refractivity contribution in [1.82, 2.24) is 4.90 Å². The van der Waals surface area contributed by atoms with Crippen LogP contribution in [0, 0.1) is 11.7 Å². The smallest absolute Gasteiger partial charge is 0.227 e. The van der Waals surface area contributed by atoms with Gasteiger partial charge in [-0.15, -0.1) is 0 Å². The molecule has 1 aromatic carbocycles. The molecule has 3 aliphatic rings. The largest absolute Gasteiger partial charge is 0.381 e. The van der Waals surface area contributed by atoms with E-state index < -0.39 is 0 Å². The molecule has 3 heterocycles. The molecule has 3 aliphatic heterocycles. The van der Waals surface area contributed by atoms with Crippen LogP contribution in [0.4, 0.5) is 4.39 Å². The molecule has 1 spiro atoms. The quantitative estimate of drug-likeness (QED) is 0.791. The fourth-order valence-corrected chi connectivity index (χ4v) is 4.25. The molecule has 5 nitrogen and oxygen atoms in total. The Hall–Kier alpha value is -1.50. The van der Waals surface area contributed by atoms with Crippen LogP contribution in [-0.4, -0.2) is 62.0 Å². The summed E-state index contributed by atoms with van der Waals surface area (Å²) in [6.07, 6.45) is 4.47. The summed E-state index contributed by atoms with van der Waals surface area (Å²) in [5.74, 6) is 0.394. The summed E-state index contributed by atoms with van der Waals surface area (Å²) in [6, 6.07) is 6.12. The van der Waals surface area contributed by atoms with Crippen LogP contribution in [0.1, 0.15) is 31.2 Å². The van der Waals surface area contributed by atoms with Crippen LogP contribution in [0.3, 0.4) is 0 Å². The van der Waals surface area contributed by atoms with E-state index in [1.165, 1.54) is 12.1 Å². The topological polar surface area (TPSA) is 48.0 Å². The van der Waals surface area contributed by atoms with E-state index in [1.807, 2.05) is 4.90 Å². The minimum Gasteiger partial charge on any atom is -0.381 e. The van der Waals surface area contributed by atoms with Gasteiger partial charge in [-0.25, -0.2) is 4.39 Å².